The number of aliphatic hydroxyl groups excluding tert-OH is 1. The molecule has 0 aromatic carbocycles. The third-order valence-corrected chi connectivity index (χ3v) is 4.20. The van der Waals surface area contributed by atoms with Gasteiger partial charge in [0.05, 0.1) is 15.9 Å². The summed E-state index contributed by atoms with van der Waals surface area (Å²) in [6, 6.07) is 0.901. The maximum Gasteiger partial charge on any atom is 0.472 e. The van der Waals surface area contributed by atoms with E-state index in [0.717, 1.165) is 12.3 Å². The Balaban J connectivity index is 2.13. The van der Waals surface area contributed by atoms with Crippen molar-refractivity contribution in [3.05, 3.63) is 33.1 Å². The number of rotatable bonds is 9. The van der Waals surface area contributed by atoms with Gasteiger partial charge in [-0.05, 0) is 6.42 Å². The van der Waals surface area contributed by atoms with Gasteiger partial charge in [-0.2, -0.15) is 0 Å². The van der Waals surface area contributed by atoms with Gasteiger partial charge in [-0.3, -0.25) is 23.4 Å². The first-order valence-electron chi connectivity index (χ1n) is 8.44. The van der Waals surface area contributed by atoms with Crippen LogP contribution in [0.4, 0.5) is 4.39 Å². The minimum atomic E-state index is -4.92. The Morgan fingerprint density at radius 2 is 2.19 bits per heavy atom. The molecule has 0 saturated carbocycles. The number of H-pyrrole nitrogens is 1. The number of phosphoric ester groups is 1. The summed E-state index contributed by atoms with van der Waals surface area (Å²) in [4.78, 5) is 34.4. The van der Waals surface area contributed by atoms with Crippen LogP contribution >= 0.6 is 7.82 Å². The van der Waals surface area contributed by atoms with E-state index >= 15 is 0 Å². The molecule has 0 bridgehead atoms. The van der Waals surface area contributed by atoms with Crippen molar-refractivity contribution in [1.82, 2.24) is 9.55 Å². The zero-order valence-corrected chi connectivity index (χ0v) is 14.5. The molecule has 0 spiro atoms. The summed E-state index contributed by atoms with van der Waals surface area (Å²) in [6.07, 6.45) is -7.20. The summed E-state index contributed by atoms with van der Waals surface area (Å²) in [5.74, 6) is 0. The molecule has 2 rings (SSSR count). The number of aliphatic hydroxyl groups is 1. The van der Waals surface area contributed by atoms with Crippen LogP contribution in [0.2, 0.25) is 0 Å². The largest absolute Gasteiger partial charge is 0.472 e. The highest BCUT2D eigenvalue weighted by Gasteiger charge is 2.46. The van der Waals surface area contributed by atoms with Crippen LogP contribution in [0.15, 0.2) is 21.9 Å². The number of hydrogen-bond acceptors (Lipinski definition) is 8. The van der Waals surface area contributed by atoms with E-state index in [9.17, 15) is 28.5 Å². The number of nitrogens with zero attached hydrogens (tertiary/aromatic N) is 1. The number of halogens is 1. The van der Waals surface area contributed by atoms with E-state index < -0.39 is 50.2 Å². The monoisotopic (exact) mass is 400 g/mol. The average molecular weight is 400 g/mol. The van der Waals surface area contributed by atoms with Crippen molar-refractivity contribution in [2.45, 2.75) is 31.0 Å². The van der Waals surface area contributed by atoms with Crippen LogP contribution in [0.25, 0.3) is 0 Å². The summed E-state index contributed by atoms with van der Waals surface area (Å²) < 4.78 is 61.2. The van der Waals surface area contributed by atoms with Crippen LogP contribution in [0.1, 0.15) is 15.4 Å². The lowest BCUT2D eigenvalue weighted by atomic mass is 10.1. The molecule has 1 saturated heterocycles. The molecule has 0 aliphatic carbocycles. The fourth-order valence-electron chi connectivity index (χ4n) is 2.11. The number of phosphoric acid groups is 1. The molecule has 1 aliphatic heterocycles. The molecule has 148 valence electrons. The molecule has 1 aromatic rings. The standard InChI is InChI=1S/C13H20FN2O9P/c1-22-5-2-6-23-26(20,21)24-7-8-11(18)10(14)12(25-8)16-4-3-9(17)15-13(16)19/h3-4,8,10-12,18H,2,5-7H2,1H3,(H,20,21)(H,15,17,19)/t8-,10?,11+,12-/m1/s1/i7D2. The Labute approximate surface area is 149 Å². The lowest BCUT2D eigenvalue weighted by Gasteiger charge is -2.17. The molecule has 1 aliphatic rings. The highest BCUT2D eigenvalue weighted by Crippen LogP contribution is 2.44. The number of methoxy groups -OCH3 is 1. The second kappa shape index (κ2) is 9.00. The molecule has 1 fully saturated rings. The first-order valence-corrected chi connectivity index (χ1v) is 8.94. The zero-order chi connectivity index (χ0) is 21.1. The van der Waals surface area contributed by atoms with Crippen molar-refractivity contribution in [2.75, 3.05) is 26.9 Å². The van der Waals surface area contributed by atoms with Crippen LogP contribution in [0, 0.1) is 0 Å². The molecule has 13 heteroatoms. The van der Waals surface area contributed by atoms with E-state index in [1.54, 1.807) is 0 Å². The van der Waals surface area contributed by atoms with E-state index in [-0.39, 0.29) is 19.6 Å². The van der Waals surface area contributed by atoms with Crippen LogP contribution in [-0.2, 0) is 23.1 Å². The van der Waals surface area contributed by atoms with Crippen LogP contribution in [-0.4, -0.2) is 64.8 Å². The quantitative estimate of drug-likeness (QED) is 0.361. The normalized spacial score (nSPS) is 29.8. The van der Waals surface area contributed by atoms with E-state index in [0.29, 0.717) is 4.57 Å². The lowest BCUT2D eigenvalue weighted by Crippen LogP contribution is -2.35. The van der Waals surface area contributed by atoms with Gasteiger partial charge in [-0.1, -0.05) is 0 Å². The molecule has 0 amide bonds. The van der Waals surface area contributed by atoms with Gasteiger partial charge in [0.2, 0.25) is 0 Å². The van der Waals surface area contributed by atoms with Crippen molar-refractivity contribution >= 4 is 7.82 Å². The number of aromatic amines is 1. The van der Waals surface area contributed by atoms with E-state index in [2.05, 4.69) is 9.05 Å². The van der Waals surface area contributed by atoms with Gasteiger partial charge in [0, 0.05) is 26.0 Å². The summed E-state index contributed by atoms with van der Waals surface area (Å²) in [7, 11) is -3.51. The minimum Gasteiger partial charge on any atom is -0.387 e. The topological polar surface area (TPSA) is 149 Å². The zero-order valence-electron chi connectivity index (χ0n) is 15.6. The number of alkyl halides is 1. The fraction of sp³-hybridized carbons (Fsp3) is 0.692. The second-order valence-corrected chi connectivity index (χ2v) is 6.63. The summed E-state index contributed by atoms with van der Waals surface area (Å²) >= 11 is 0. The first kappa shape index (κ1) is 18.0. The maximum atomic E-state index is 14.4. The van der Waals surface area contributed by atoms with Crippen molar-refractivity contribution in [3.63, 3.8) is 0 Å². The molecule has 26 heavy (non-hydrogen) atoms. The third-order valence-electron chi connectivity index (χ3n) is 3.35. The molecule has 0 radical (unpaired) electrons. The van der Waals surface area contributed by atoms with Crippen LogP contribution < -0.4 is 11.2 Å². The van der Waals surface area contributed by atoms with Gasteiger partial charge < -0.3 is 19.5 Å². The highest BCUT2D eigenvalue weighted by atomic mass is 31.2. The Kier molecular flexibility index (Phi) is 6.22. The molecule has 1 aromatic heterocycles. The maximum absolute atomic E-state index is 14.4. The summed E-state index contributed by atoms with van der Waals surface area (Å²) in [5.41, 5.74) is -1.80. The molecule has 11 nitrogen and oxygen atoms in total. The van der Waals surface area contributed by atoms with Gasteiger partial charge in [0.15, 0.2) is 12.4 Å². The number of hydrogen-bond donors (Lipinski definition) is 3. The minimum absolute atomic E-state index is 0.219. The Morgan fingerprint density at radius 3 is 2.85 bits per heavy atom. The first-order chi connectivity index (χ1) is 13.0. The van der Waals surface area contributed by atoms with Gasteiger partial charge >= 0.3 is 13.5 Å². The van der Waals surface area contributed by atoms with Gasteiger partial charge in [-0.15, -0.1) is 0 Å². The predicted molar refractivity (Wildman–Crippen MR) is 84.4 cm³/mol. The Bertz CT molecular complexity index is 835. The molecule has 2 heterocycles. The number of aromatic nitrogens is 2. The van der Waals surface area contributed by atoms with Crippen molar-refractivity contribution in [1.29, 1.82) is 0 Å². The number of nitrogens with one attached hydrogen (secondary N) is 1. The number of ether oxygens (including phenoxy) is 2. The summed E-state index contributed by atoms with van der Waals surface area (Å²) in [5, 5.41) is 9.98. The van der Waals surface area contributed by atoms with Gasteiger partial charge in [0.1, 0.15) is 12.2 Å². The van der Waals surface area contributed by atoms with Crippen molar-refractivity contribution in [3.8, 4) is 0 Å². The second-order valence-electron chi connectivity index (χ2n) is 5.26. The highest BCUT2D eigenvalue weighted by molar-refractivity contribution is 7.47. The van der Waals surface area contributed by atoms with Gasteiger partial charge in [0.25, 0.3) is 5.56 Å². The molecular formula is C13H20FN2O9P. The average Bonchev–Trinajstić information content (AvgIpc) is 2.87. The van der Waals surface area contributed by atoms with Gasteiger partial charge in [-0.25, -0.2) is 13.8 Å². The van der Waals surface area contributed by atoms with Crippen LogP contribution in [0.5, 0.6) is 0 Å². The van der Waals surface area contributed by atoms with Crippen LogP contribution in [0.3, 0.4) is 0 Å². The van der Waals surface area contributed by atoms with E-state index in [1.807, 2.05) is 4.98 Å². The lowest BCUT2D eigenvalue weighted by molar-refractivity contribution is -0.0497. The molecule has 2 unspecified atom stereocenters. The van der Waals surface area contributed by atoms with E-state index in [4.69, 9.17) is 12.2 Å². The summed E-state index contributed by atoms with van der Waals surface area (Å²) in [6.45, 7) is -3.22. The molecule has 5 atom stereocenters. The Morgan fingerprint density at radius 1 is 1.46 bits per heavy atom. The van der Waals surface area contributed by atoms with E-state index in [1.165, 1.54) is 7.11 Å². The van der Waals surface area contributed by atoms with Crippen molar-refractivity contribution < 1.29 is 40.2 Å². The molecule has 3 N–H and O–H groups in total. The third kappa shape index (κ3) is 5.30. The van der Waals surface area contributed by atoms with Crippen molar-refractivity contribution in [2.24, 2.45) is 0 Å². The predicted octanol–water partition coefficient (Wildman–Crippen LogP) is -0.697. The fourth-order valence-corrected chi connectivity index (χ4v) is 2.76. The Hall–Kier alpha value is -1.40. The molecular weight excluding hydrogens is 378 g/mol. The smallest absolute Gasteiger partial charge is 0.387 e. The SMILES string of the molecule is [2H]C([2H])(OP(=O)(O)OCCCOC)[C@H]1O[C@@H](n2ccc(=O)[nH]c2=O)C(F)[C@H]1O.